The highest BCUT2D eigenvalue weighted by Gasteiger charge is 2.34. The third-order valence-electron chi connectivity index (χ3n) is 2.57. The molecule has 4 heteroatoms. The third kappa shape index (κ3) is 2.39. The molecule has 0 radical (unpaired) electrons. The monoisotopic (exact) mass is 208 g/mol. The summed E-state index contributed by atoms with van der Waals surface area (Å²) in [5, 5.41) is 0. The Morgan fingerprint density at radius 1 is 1.73 bits per heavy atom. The van der Waals surface area contributed by atoms with Crippen LogP contribution in [-0.2, 0) is 11.3 Å². The predicted octanol–water partition coefficient (Wildman–Crippen LogP) is 1.12. The number of nitrogens with zero attached hydrogens (tertiary/aromatic N) is 1. The molecule has 1 aliphatic carbocycles. The Balaban J connectivity index is 2.03. The highest BCUT2D eigenvalue weighted by Crippen LogP contribution is 2.28. The first-order chi connectivity index (χ1) is 7.18. The molecule has 0 saturated heterocycles. The topological polar surface area (TPSA) is 59.5 Å². The van der Waals surface area contributed by atoms with Crippen LogP contribution in [0.2, 0.25) is 0 Å². The number of hydrogen-bond acceptors (Lipinski definition) is 3. The van der Waals surface area contributed by atoms with Gasteiger partial charge in [0, 0.05) is 6.04 Å². The van der Waals surface area contributed by atoms with Gasteiger partial charge in [-0.25, -0.2) is 0 Å². The Kier molecular flexibility index (Phi) is 2.77. The van der Waals surface area contributed by atoms with Gasteiger partial charge in [-0.05, 0) is 31.9 Å². The van der Waals surface area contributed by atoms with Crippen molar-refractivity contribution < 1.29 is 9.21 Å². The maximum Gasteiger partial charge on any atom is 0.239 e. The van der Waals surface area contributed by atoms with Crippen LogP contribution in [-0.4, -0.2) is 22.9 Å². The van der Waals surface area contributed by atoms with Gasteiger partial charge in [0.25, 0.3) is 0 Å². The normalized spacial score (nSPS) is 17.5. The largest absolute Gasteiger partial charge is 0.467 e. The molecule has 1 saturated carbocycles. The zero-order valence-corrected chi connectivity index (χ0v) is 8.85. The Morgan fingerprint density at radius 2 is 2.47 bits per heavy atom. The standard InChI is InChI=1S/C11H16N2O2/c1-8(12)11(14)13(9-4-5-9)7-10-3-2-6-15-10/h2-3,6,8-9H,4-5,7,12H2,1H3. The fraction of sp³-hybridized carbons (Fsp3) is 0.545. The summed E-state index contributed by atoms with van der Waals surface area (Å²) in [6, 6.07) is 3.65. The summed E-state index contributed by atoms with van der Waals surface area (Å²) in [5.41, 5.74) is 5.61. The van der Waals surface area contributed by atoms with Crippen molar-refractivity contribution in [1.29, 1.82) is 0 Å². The number of carbonyl (C=O) groups is 1. The third-order valence-corrected chi connectivity index (χ3v) is 2.57. The first-order valence-corrected chi connectivity index (χ1v) is 5.27. The molecule has 4 nitrogen and oxygen atoms in total. The molecule has 2 N–H and O–H groups in total. The van der Waals surface area contributed by atoms with E-state index in [2.05, 4.69) is 0 Å². The van der Waals surface area contributed by atoms with Crippen molar-refractivity contribution in [1.82, 2.24) is 4.90 Å². The van der Waals surface area contributed by atoms with Crippen molar-refractivity contribution >= 4 is 5.91 Å². The summed E-state index contributed by atoms with van der Waals surface area (Å²) >= 11 is 0. The van der Waals surface area contributed by atoms with Crippen LogP contribution in [0.15, 0.2) is 22.8 Å². The van der Waals surface area contributed by atoms with Gasteiger partial charge in [-0.2, -0.15) is 0 Å². The van der Waals surface area contributed by atoms with Gasteiger partial charge in [-0.1, -0.05) is 0 Å². The van der Waals surface area contributed by atoms with E-state index in [0.717, 1.165) is 18.6 Å². The molecule has 1 fully saturated rings. The van der Waals surface area contributed by atoms with Gasteiger partial charge in [0.1, 0.15) is 5.76 Å². The molecule has 1 heterocycles. The van der Waals surface area contributed by atoms with Crippen molar-refractivity contribution in [3.63, 3.8) is 0 Å². The Hall–Kier alpha value is -1.29. The van der Waals surface area contributed by atoms with E-state index < -0.39 is 6.04 Å². The number of furan rings is 1. The summed E-state index contributed by atoms with van der Waals surface area (Å²) in [6.45, 7) is 2.26. The molecule has 0 aromatic carbocycles. The van der Waals surface area contributed by atoms with Gasteiger partial charge in [0.05, 0.1) is 18.8 Å². The molecule has 1 atom stereocenters. The van der Waals surface area contributed by atoms with Crippen LogP contribution in [0.3, 0.4) is 0 Å². The van der Waals surface area contributed by atoms with Crippen molar-refractivity contribution in [3.8, 4) is 0 Å². The van der Waals surface area contributed by atoms with Crippen LogP contribution >= 0.6 is 0 Å². The van der Waals surface area contributed by atoms with Crippen molar-refractivity contribution in [2.45, 2.75) is 38.4 Å². The van der Waals surface area contributed by atoms with Gasteiger partial charge in [-0.15, -0.1) is 0 Å². The SMILES string of the molecule is CC(N)C(=O)N(Cc1ccco1)C1CC1. The van der Waals surface area contributed by atoms with Crippen LogP contribution in [0.1, 0.15) is 25.5 Å². The average molecular weight is 208 g/mol. The van der Waals surface area contributed by atoms with E-state index >= 15 is 0 Å². The minimum absolute atomic E-state index is 0.00824. The number of carbonyl (C=O) groups excluding carboxylic acids is 1. The molecule has 1 unspecified atom stereocenters. The summed E-state index contributed by atoms with van der Waals surface area (Å²) in [5.74, 6) is 0.824. The highest BCUT2D eigenvalue weighted by atomic mass is 16.3. The molecule has 1 aromatic rings. The van der Waals surface area contributed by atoms with Gasteiger partial charge in [0.15, 0.2) is 0 Å². The molecule has 2 rings (SSSR count). The number of rotatable bonds is 4. The van der Waals surface area contributed by atoms with E-state index in [1.165, 1.54) is 0 Å². The first-order valence-electron chi connectivity index (χ1n) is 5.27. The van der Waals surface area contributed by atoms with Gasteiger partial charge >= 0.3 is 0 Å². The van der Waals surface area contributed by atoms with E-state index in [0.29, 0.717) is 12.6 Å². The minimum Gasteiger partial charge on any atom is -0.467 e. The molecule has 1 aromatic heterocycles. The second-order valence-electron chi connectivity index (χ2n) is 4.07. The number of amides is 1. The molecular formula is C11H16N2O2. The molecule has 0 spiro atoms. The first kappa shape index (κ1) is 10.2. The maximum absolute atomic E-state index is 11.8. The Bertz CT molecular complexity index is 328. The van der Waals surface area contributed by atoms with Gasteiger partial charge in [-0.3, -0.25) is 4.79 Å². The molecule has 1 amide bonds. The summed E-state index contributed by atoms with van der Waals surface area (Å²) in [4.78, 5) is 13.6. The van der Waals surface area contributed by atoms with Crippen LogP contribution in [0.5, 0.6) is 0 Å². The predicted molar refractivity (Wildman–Crippen MR) is 55.9 cm³/mol. The van der Waals surface area contributed by atoms with Crippen molar-refractivity contribution in [2.75, 3.05) is 0 Å². The van der Waals surface area contributed by atoms with E-state index in [1.54, 1.807) is 13.2 Å². The van der Waals surface area contributed by atoms with Crippen molar-refractivity contribution in [2.24, 2.45) is 5.73 Å². The van der Waals surface area contributed by atoms with Crippen LogP contribution in [0.4, 0.5) is 0 Å². The van der Waals surface area contributed by atoms with Gasteiger partial charge < -0.3 is 15.1 Å². The summed E-state index contributed by atoms with van der Waals surface area (Å²) in [7, 11) is 0. The molecule has 0 aliphatic heterocycles. The number of nitrogens with two attached hydrogens (primary N) is 1. The molecule has 82 valence electrons. The summed E-state index contributed by atoms with van der Waals surface area (Å²) < 4.78 is 5.24. The average Bonchev–Trinajstić information content (AvgIpc) is 2.92. The zero-order chi connectivity index (χ0) is 10.8. The van der Waals surface area contributed by atoms with E-state index in [4.69, 9.17) is 10.2 Å². The lowest BCUT2D eigenvalue weighted by Gasteiger charge is -2.23. The van der Waals surface area contributed by atoms with E-state index in [9.17, 15) is 4.79 Å². The smallest absolute Gasteiger partial charge is 0.239 e. The lowest BCUT2D eigenvalue weighted by molar-refractivity contribution is -0.133. The minimum atomic E-state index is -0.430. The van der Waals surface area contributed by atoms with Gasteiger partial charge in [0.2, 0.25) is 5.91 Å². The molecule has 1 aliphatic rings. The van der Waals surface area contributed by atoms with E-state index in [-0.39, 0.29) is 5.91 Å². The fourth-order valence-electron chi connectivity index (χ4n) is 1.61. The molecule has 0 bridgehead atoms. The lowest BCUT2D eigenvalue weighted by atomic mass is 10.3. The maximum atomic E-state index is 11.8. The molecule has 15 heavy (non-hydrogen) atoms. The zero-order valence-electron chi connectivity index (χ0n) is 8.85. The fourth-order valence-corrected chi connectivity index (χ4v) is 1.61. The summed E-state index contributed by atoms with van der Waals surface area (Å²) in [6.07, 6.45) is 3.79. The quantitative estimate of drug-likeness (QED) is 0.806. The highest BCUT2D eigenvalue weighted by molar-refractivity contribution is 5.81. The van der Waals surface area contributed by atoms with Crippen LogP contribution < -0.4 is 5.73 Å². The van der Waals surface area contributed by atoms with Crippen molar-refractivity contribution in [3.05, 3.63) is 24.2 Å². The van der Waals surface area contributed by atoms with Crippen LogP contribution in [0, 0.1) is 0 Å². The van der Waals surface area contributed by atoms with E-state index in [1.807, 2.05) is 17.0 Å². The Labute approximate surface area is 89.0 Å². The van der Waals surface area contributed by atoms with Crippen LogP contribution in [0.25, 0.3) is 0 Å². The lowest BCUT2D eigenvalue weighted by Crippen LogP contribution is -2.42. The second kappa shape index (κ2) is 4.06. The molecular weight excluding hydrogens is 192 g/mol. The number of hydrogen-bond donors (Lipinski definition) is 1. The Morgan fingerprint density at radius 3 is 2.93 bits per heavy atom. The second-order valence-corrected chi connectivity index (χ2v) is 4.07.